The van der Waals surface area contributed by atoms with Crippen molar-refractivity contribution in [1.29, 1.82) is 0 Å². The molecule has 1 N–H and O–H groups in total. The van der Waals surface area contributed by atoms with Crippen LogP contribution in [0.1, 0.15) is 29.7 Å². The molecule has 29 heavy (non-hydrogen) atoms. The number of aromatic nitrogens is 2. The number of thiazole rings is 1. The van der Waals surface area contributed by atoms with Crippen molar-refractivity contribution in [3.63, 3.8) is 0 Å². The number of sulfonamides is 1. The Morgan fingerprint density at radius 1 is 1.34 bits per heavy atom. The number of hydrogen-bond acceptors (Lipinski definition) is 7. The minimum Gasteiger partial charge on any atom is -0.364 e. The van der Waals surface area contributed by atoms with E-state index in [1.807, 2.05) is 13.8 Å². The van der Waals surface area contributed by atoms with E-state index >= 15 is 0 Å². The summed E-state index contributed by atoms with van der Waals surface area (Å²) >= 11 is 1.69. The van der Waals surface area contributed by atoms with E-state index in [2.05, 4.69) is 25.7 Å². The Kier molecular flexibility index (Phi) is 7.62. The Balaban J connectivity index is 1.50. The number of piperazine rings is 1. The number of guanidine groups is 1. The number of rotatable bonds is 8. The van der Waals surface area contributed by atoms with Crippen LogP contribution < -0.4 is 5.32 Å². The van der Waals surface area contributed by atoms with Gasteiger partial charge in [-0.05, 0) is 20.3 Å². The highest BCUT2D eigenvalue weighted by Crippen LogP contribution is 2.13. The zero-order valence-corrected chi connectivity index (χ0v) is 18.5. The summed E-state index contributed by atoms with van der Waals surface area (Å²) in [5, 5.41) is 10.2. The average Bonchev–Trinajstić information content (AvgIpc) is 3.35. The van der Waals surface area contributed by atoms with Crippen LogP contribution in [0.4, 0.5) is 0 Å². The van der Waals surface area contributed by atoms with E-state index in [1.165, 1.54) is 10.6 Å². The molecule has 0 saturated carbocycles. The lowest BCUT2D eigenvalue weighted by Gasteiger charge is -2.35. The molecule has 2 aromatic heterocycles. The summed E-state index contributed by atoms with van der Waals surface area (Å²) in [7, 11) is -3.40. The minimum atomic E-state index is -3.40. The van der Waals surface area contributed by atoms with E-state index in [4.69, 9.17) is 9.52 Å². The first-order valence-corrected chi connectivity index (χ1v) is 12.3. The molecule has 0 aliphatic carbocycles. The van der Waals surface area contributed by atoms with Crippen LogP contribution in [-0.2, 0) is 22.2 Å². The van der Waals surface area contributed by atoms with Gasteiger partial charge in [0.25, 0.3) is 0 Å². The summed E-state index contributed by atoms with van der Waals surface area (Å²) in [6, 6.07) is 1.58. The van der Waals surface area contributed by atoms with E-state index < -0.39 is 10.0 Å². The van der Waals surface area contributed by atoms with Crippen LogP contribution >= 0.6 is 11.3 Å². The van der Waals surface area contributed by atoms with Gasteiger partial charge in [-0.15, -0.1) is 11.3 Å². The van der Waals surface area contributed by atoms with Crippen LogP contribution in [0.3, 0.4) is 0 Å². The van der Waals surface area contributed by atoms with Gasteiger partial charge in [0.2, 0.25) is 10.0 Å². The van der Waals surface area contributed by atoms with E-state index in [9.17, 15) is 8.42 Å². The predicted molar refractivity (Wildman–Crippen MR) is 113 cm³/mol. The average molecular weight is 441 g/mol. The van der Waals surface area contributed by atoms with Crippen LogP contribution in [0.2, 0.25) is 0 Å². The van der Waals surface area contributed by atoms with Crippen LogP contribution in [0.25, 0.3) is 0 Å². The maximum Gasteiger partial charge on any atom is 0.220 e. The molecule has 160 valence electrons. The summed E-state index contributed by atoms with van der Waals surface area (Å²) < 4.78 is 31.4. The second-order valence-corrected chi connectivity index (χ2v) is 9.77. The van der Waals surface area contributed by atoms with Crippen molar-refractivity contribution in [2.24, 2.45) is 4.99 Å². The second kappa shape index (κ2) is 10.2. The summed E-state index contributed by atoms with van der Waals surface area (Å²) in [5.41, 5.74) is 1.50. The predicted octanol–water partition coefficient (Wildman–Crippen LogP) is 1.49. The smallest absolute Gasteiger partial charge is 0.220 e. The van der Waals surface area contributed by atoms with Gasteiger partial charge in [-0.3, -0.25) is 4.99 Å². The Morgan fingerprint density at radius 2 is 2.14 bits per heavy atom. The normalized spacial score (nSPS) is 16.3. The van der Waals surface area contributed by atoms with Crippen molar-refractivity contribution in [1.82, 2.24) is 24.7 Å². The quantitative estimate of drug-likeness (QED) is 0.377. The third kappa shape index (κ3) is 6.25. The Bertz CT molecular complexity index is 887. The monoisotopic (exact) mass is 440 g/mol. The van der Waals surface area contributed by atoms with Crippen LogP contribution in [0, 0.1) is 6.92 Å². The molecule has 2 aromatic rings. The summed E-state index contributed by atoms with van der Waals surface area (Å²) in [4.78, 5) is 11.3. The Hall–Kier alpha value is -1.98. The molecule has 3 rings (SSSR count). The highest BCUT2D eigenvalue weighted by atomic mass is 32.2. The number of nitrogens with one attached hydrogen (secondary N) is 1. The fourth-order valence-corrected chi connectivity index (χ4v) is 5.37. The molecular formula is C18H28N6O3S2. The van der Waals surface area contributed by atoms with E-state index in [1.54, 1.807) is 17.4 Å². The summed E-state index contributed by atoms with van der Waals surface area (Å²) in [6.07, 6.45) is 3.25. The molecule has 1 saturated heterocycles. The Labute approximate surface area is 175 Å². The van der Waals surface area contributed by atoms with Crippen molar-refractivity contribution in [3.8, 4) is 0 Å². The molecule has 1 aliphatic heterocycles. The molecule has 1 aliphatic rings. The van der Waals surface area contributed by atoms with E-state index in [-0.39, 0.29) is 5.75 Å². The summed E-state index contributed by atoms with van der Waals surface area (Å²) in [5.74, 6) is 0.713. The van der Waals surface area contributed by atoms with Gasteiger partial charge in [-0.2, -0.15) is 4.31 Å². The Morgan fingerprint density at radius 3 is 2.76 bits per heavy atom. The molecule has 0 radical (unpaired) electrons. The zero-order chi connectivity index (χ0) is 20.7. The number of aliphatic imine (C=N–C) groups is 1. The number of aryl methyl sites for hydroxylation is 2. The largest absolute Gasteiger partial charge is 0.364 e. The highest BCUT2D eigenvalue weighted by molar-refractivity contribution is 7.88. The molecule has 0 amide bonds. The molecule has 0 atom stereocenters. The van der Waals surface area contributed by atoms with E-state index in [0.717, 1.165) is 36.0 Å². The standard InChI is InChI=1S/C18H28N6O3S2/c1-3-19-18(20-7-4-5-17-21-15(2)13-28-17)23-8-10-24(11-9-23)29(25,26)14-16-6-12-27-22-16/h6,12-13H,3-5,7-11,14H2,1-2H3,(H,19,20). The van der Waals surface area contributed by atoms with Gasteiger partial charge >= 0.3 is 0 Å². The molecule has 0 bridgehead atoms. The maximum atomic E-state index is 12.6. The van der Waals surface area contributed by atoms with Gasteiger partial charge < -0.3 is 14.7 Å². The summed E-state index contributed by atoms with van der Waals surface area (Å²) in [6.45, 7) is 7.61. The number of nitrogens with zero attached hydrogens (tertiary/aromatic N) is 5. The molecule has 11 heteroatoms. The van der Waals surface area contributed by atoms with Crippen LogP contribution in [0.15, 0.2) is 27.2 Å². The lowest BCUT2D eigenvalue weighted by atomic mass is 10.3. The minimum absolute atomic E-state index is 0.131. The molecular weight excluding hydrogens is 412 g/mol. The van der Waals surface area contributed by atoms with Crippen molar-refractivity contribution < 1.29 is 12.9 Å². The lowest BCUT2D eigenvalue weighted by molar-refractivity contribution is 0.260. The second-order valence-electron chi connectivity index (χ2n) is 6.85. The molecule has 9 nitrogen and oxygen atoms in total. The fourth-order valence-electron chi connectivity index (χ4n) is 3.13. The third-order valence-electron chi connectivity index (χ3n) is 4.56. The third-order valence-corrected chi connectivity index (χ3v) is 7.40. The zero-order valence-electron chi connectivity index (χ0n) is 16.9. The SMILES string of the molecule is CCNC(=NCCCc1nc(C)cs1)N1CCN(S(=O)(=O)Cc2ccon2)CC1. The van der Waals surface area contributed by atoms with Gasteiger partial charge in [0.15, 0.2) is 5.96 Å². The van der Waals surface area contributed by atoms with Crippen LogP contribution in [0.5, 0.6) is 0 Å². The van der Waals surface area contributed by atoms with Gasteiger partial charge in [0.1, 0.15) is 12.0 Å². The highest BCUT2D eigenvalue weighted by Gasteiger charge is 2.28. The van der Waals surface area contributed by atoms with Gasteiger partial charge in [-0.25, -0.2) is 13.4 Å². The van der Waals surface area contributed by atoms with Crippen molar-refractivity contribution >= 4 is 27.3 Å². The molecule has 0 aromatic carbocycles. The van der Waals surface area contributed by atoms with Crippen molar-refractivity contribution in [2.45, 2.75) is 32.4 Å². The first kappa shape index (κ1) is 21.7. The van der Waals surface area contributed by atoms with Gasteiger partial charge in [0, 0.05) is 62.8 Å². The molecule has 0 spiro atoms. The topological polar surface area (TPSA) is 104 Å². The van der Waals surface area contributed by atoms with Gasteiger partial charge in [0.05, 0.1) is 10.7 Å². The van der Waals surface area contributed by atoms with Gasteiger partial charge in [-0.1, -0.05) is 5.16 Å². The van der Waals surface area contributed by atoms with Crippen LogP contribution in [-0.4, -0.2) is 73.0 Å². The lowest BCUT2D eigenvalue weighted by Crippen LogP contribution is -2.53. The molecule has 0 unspecified atom stereocenters. The first-order chi connectivity index (χ1) is 14.0. The first-order valence-electron chi connectivity index (χ1n) is 9.79. The fraction of sp³-hybridized carbons (Fsp3) is 0.611. The molecule has 1 fully saturated rings. The van der Waals surface area contributed by atoms with Crippen molar-refractivity contribution in [2.75, 3.05) is 39.3 Å². The number of hydrogen-bond donors (Lipinski definition) is 1. The molecule has 3 heterocycles. The maximum absolute atomic E-state index is 12.6. The van der Waals surface area contributed by atoms with Crippen molar-refractivity contribution in [3.05, 3.63) is 34.1 Å². The van der Waals surface area contributed by atoms with E-state index in [0.29, 0.717) is 38.4 Å².